The van der Waals surface area contributed by atoms with Gasteiger partial charge in [0.15, 0.2) is 0 Å². The topological polar surface area (TPSA) is 99.6 Å². The number of nitro benzene ring substituents is 1. The molecule has 0 radical (unpaired) electrons. The fourth-order valence-corrected chi connectivity index (χ4v) is 4.11. The lowest BCUT2D eigenvalue weighted by molar-refractivity contribution is -0.384. The third kappa shape index (κ3) is 5.63. The Kier molecular flexibility index (Phi) is 7.23. The molecule has 0 saturated carbocycles. The van der Waals surface area contributed by atoms with Gasteiger partial charge in [-0.15, -0.1) is 0 Å². The predicted octanol–water partition coefficient (Wildman–Crippen LogP) is 6.48. The van der Waals surface area contributed by atoms with Crippen LogP contribution in [0.3, 0.4) is 0 Å². The first-order chi connectivity index (χ1) is 17.0. The van der Waals surface area contributed by atoms with E-state index in [9.17, 15) is 14.9 Å². The van der Waals surface area contributed by atoms with E-state index in [1.165, 1.54) is 16.8 Å². The summed E-state index contributed by atoms with van der Waals surface area (Å²) >= 11 is 9.81. The van der Waals surface area contributed by atoms with Gasteiger partial charge in [-0.05, 0) is 47.5 Å². The fraction of sp³-hybridized carbons (Fsp3) is 0.192. The Labute approximate surface area is 220 Å². The van der Waals surface area contributed by atoms with Crippen molar-refractivity contribution in [2.45, 2.75) is 32.8 Å². The predicted molar refractivity (Wildman–Crippen MR) is 144 cm³/mol. The van der Waals surface area contributed by atoms with Gasteiger partial charge in [0.1, 0.15) is 18.2 Å². The van der Waals surface area contributed by atoms with Gasteiger partial charge in [-0.25, -0.2) is 4.98 Å². The molecule has 184 valence electrons. The maximum atomic E-state index is 13.3. The summed E-state index contributed by atoms with van der Waals surface area (Å²) in [6.45, 7) is 6.03. The highest BCUT2D eigenvalue weighted by Gasteiger charge is 2.23. The van der Waals surface area contributed by atoms with Gasteiger partial charge < -0.3 is 4.74 Å². The molecule has 0 spiro atoms. The Morgan fingerprint density at radius 1 is 1.17 bits per heavy atom. The van der Waals surface area contributed by atoms with E-state index in [2.05, 4.69) is 21.0 Å². The van der Waals surface area contributed by atoms with Crippen molar-refractivity contribution >= 4 is 50.3 Å². The second-order valence-electron chi connectivity index (χ2n) is 9.11. The van der Waals surface area contributed by atoms with Gasteiger partial charge >= 0.3 is 0 Å². The molecule has 3 aromatic carbocycles. The minimum atomic E-state index is -0.453. The molecule has 1 aromatic heterocycles. The number of nitro groups is 1. The minimum Gasteiger partial charge on any atom is -0.487 e. The molecule has 0 aliphatic heterocycles. The quantitative estimate of drug-likeness (QED) is 0.150. The standard InChI is InChI=1S/C26H22BrClN4O4/c1-26(2,3)25-30-22-9-8-18(27)13-20(22)24(33)31(25)29-14-16-7-10-23(21(28)12-16)36-15-17-5-4-6-19(11-17)32(34)35/h4-14H,15H2,1-3H3. The van der Waals surface area contributed by atoms with Crippen LogP contribution < -0.4 is 10.3 Å². The Bertz CT molecular complexity index is 1560. The lowest BCUT2D eigenvalue weighted by atomic mass is 9.95. The van der Waals surface area contributed by atoms with Gasteiger partial charge in [-0.3, -0.25) is 14.9 Å². The number of nitrogens with zero attached hydrogens (tertiary/aromatic N) is 4. The zero-order valence-corrected chi connectivity index (χ0v) is 22.1. The van der Waals surface area contributed by atoms with Crippen LogP contribution in [-0.2, 0) is 12.0 Å². The third-order valence-corrected chi connectivity index (χ3v) is 6.06. The maximum Gasteiger partial charge on any atom is 0.282 e. The first kappa shape index (κ1) is 25.5. The van der Waals surface area contributed by atoms with Crippen LogP contribution in [0.5, 0.6) is 5.75 Å². The molecule has 0 saturated heterocycles. The maximum absolute atomic E-state index is 13.3. The number of hydrogen-bond acceptors (Lipinski definition) is 6. The molecule has 1 heterocycles. The number of non-ortho nitro benzene ring substituents is 1. The highest BCUT2D eigenvalue weighted by Crippen LogP contribution is 2.27. The van der Waals surface area contributed by atoms with Crippen LogP contribution in [0, 0.1) is 10.1 Å². The van der Waals surface area contributed by atoms with Crippen LogP contribution >= 0.6 is 27.5 Å². The van der Waals surface area contributed by atoms with Crippen molar-refractivity contribution in [3.8, 4) is 5.75 Å². The van der Waals surface area contributed by atoms with Crippen molar-refractivity contribution < 1.29 is 9.66 Å². The van der Waals surface area contributed by atoms with E-state index in [1.807, 2.05) is 26.8 Å². The molecule has 10 heteroatoms. The van der Waals surface area contributed by atoms with E-state index >= 15 is 0 Å². The van der Waals surface area contributed by atoms with Crippen LogP contribution in [0.1, 0.15) is 37.7 Å². The van der Waals surface area contributed by atoms with Crippen LogP contribution in [-0.4, -0.2) is 20.8 Å². The summed E-state index contributed by atoms with van der Waals surface area (Å²) in [6, 6.07) is 16.7. The Balaban J connectivity index is 1.61. The Morgan fingerprint density at radius 3 is 2.64 bits per heavy atom. The Hall–Kier alpha value is -3.56. The molecule has 0 bridgehead atoms. The molecule has 8 nitrogen and oxygen atoms in total. The number of benzene rings is 3. The van der Waals surface area contributed by atoms with Gasteiger partial charge in [0.25, 0.3) is 11.2 Å². The summed E-state index contributed by atoms with van der Waals surface area (Å²) in [4.78, 5) is 28.5. The number of hydrogen-bond donors (Lipinski definition) is 0. The van der Waals surface area contributed by atoms with Crippen LogP contribution in [0.4, 0.5) is 5.69 Å². The van der Waals surface area contributed by atoms with Gasteiger partial charge in [0.05, 0.1) is 27.1 Å². The van der Waals surface area contributed by atoms with Gasteiger partial charge in [0.2, 0.25) is 0 Å². The summed E-state index contributed by atoms with van der Waals surface area (Å²) in [5.74, 6) is 0.951. The minimum absolute atomic E-state index is 0.00540. The summed E-state index contributed by atoms with van der Waals surface area (Å²) in [6.07, 6.45) is 1.54. The van der Waals surface area contributed by atoms with E-state index in [0.29, 0.717) is 38.6 Å². The summed E-state index contributed by atoms with van der Waals surface area (Å²) in [5, 5.41) is 16.2. The van der Waals surface area contributed by atoms with Gasteiger partial charge in [-0.1, -0.05) is 60.4 Å². The molecule has 0 amide bonds. The van der Waals surface area contributed by atoms with E-state index in [4.69, 9.17) is 21.3 Å². The number of aromatic nitrogens is 2. The monoisotopic (exact) mass is 568 g/mol. The van der Waals surface area contributed by atoms with Crippen molar-refractivity contribution in [1.29, 1.82) is 0 Å². The molecular weight excluding hydrogens is 548 g/mol. The highest BCUT2D eigenvalue weighted by molar-refractivity contribution is 9.10. The highest BCUT2D eigenvalue weighted by atomic mass is 79.9. The van der Waals surface area contributed by atoms with Gasteiger partial charge in [0, 0.05) is 22.0 Å². The van der Waals surface area contributed by atoms with Gasteiger partial charge in [-0.2, -0.15) is 9.78 Å². The molecule has 0 aliphatic carbocycles. The second-order valence-corrected chi connectivity index (χ2v) is 10.4. The van der Waals surface area contributed by atoms with Crippen LogP contribution in [0.15, 0.2) is 75.0 Å². The van der Waals surface area contributed by atoms with Crippen molar-refractivity contribution in [3.05, 3.63) is 108 Å². The van der Waals surface area contributed by atoms with E-state index in [0.717, 1.165) is 4.47 Å². The molecule has 0 fully saturated rings. The number of ether oxygens (including phenoxy) is 1. The lowest BCUT2D eigenvalue weighted by Gasteiger charge is -2.20. The Morgan fingerprint density at radius 2 is 1.94 bits per heavy atom. The van der Waals surface area contributed by atoms with Crippen molar-refractivity contribution in [2.75, 3.05) is 0 Å². The molecule has 4 aromatic rings. The molecule has 0 unspecified atom stereocenters. The van der Waals surface area contributed by atoms with E-state index in [1.54, 1.807) is 48.7 Å². The summed E-state index contributed by atoms with van der Waals surface area (Å²) < 4.78 is 7.84. The second kappa shape index (κ2) is 10.2. The van der Waals surface area contributed by atoms with E-state index < -0.39 is 10.3 Å². The molecular formula is C26H22BrClN4O4. The molecule has 0 aliphatic rings. The van der Waals surface area contributed by atoms with E-state index in [-0.39, 0.29) is 17.9 Å². The smallest absolute Gasteiger partial charge is 0.282 e. The first-order valence-corrected chi connectivity index (χ1v) is 12.1. The third-order valence-electron chi connectivity index (χ3n) is 5.27. The number of rotatable bonds is 6. The zero-order chi connectivity index (χ0) is 26.0. The SMILES string of the molecule is CC(C)(C)c1nc2ccc(Br)cc2c(=O)n1N=Cc1ccc(OCc2cccc([N+](=O)[O-])c2)c(Cl)c1. The molecule has 0 N–H and O–H groups in total. The molecule has 0 atom stereocenters. The van der Waals surface area contributed by atoms with Crippen molar-refractivity contribution in [2.24, 2.45) is 5.10 Å². The van der Waals surface area contributed by atoms with Crippen LogP contribution in [0.2, 0.25) is 5.02 Å². The number of halogens is 2. The molecule has 36 heavy (non-hydrogen) atoms. The lowest BCUT2D eigenvalue weighted by Crippen LogP contribution is -2.29. The number of fused-ring (bicyclic) bond motifs is 1. The first-order valence-electron chi connectivity index (χ1n) is 11.0. The average molecular weight is 570 g/mol. The fourth-order valence-electron chi connectivity index (χ4n) is 3.50. The normalized spacial score (nSPS) is 11.8. The average Bonchev–Trinajstić information content (AvgIpc) is 2.82. The van der Waals surface area contributed by atoms with Crippen molar-refractivity contribution in [3.63, 3.8) is 0 Å². The molecule has 4 rings (SSSR count). The van der Waals surface area contributed by atoms with Crippen molar-refractivity contribution in [1.82, 2.24) is 9.66 Å². The largest absolute Gasteiger partial charge is 0.487 e. The summed E-state index contributed by atoms with van der Waals surface area (Å²) in [5.41, 5.74) is 1.20. The van der Waals surface area contributed by atoms with Crippen LogP contribution in [0.25, 0.3) is 10.9 Å². The summed E-state index contributed by atoms with van der Waals surface area (Å²) in [7, 11) is 0. The zero-order valence-electron chi connectivity index (χ0n) is 19.7.